The maximum absolute atomic E-state index is 15.5. The molecule has 1 aromatic heterocycles. The number of piperidine rings is 1. The third-order valence-corrected chi connectivity index (χ3v) is 11.6. The fraction of sp³-hybridized carbons (Fsp3) is 0.558. The summed E-state index contributed by atoms with van der Waals surface area (Å²) in [7, 11) is 1.21. The third kappa shape index (κ3) is 10.7. The van der Waals surface area contributed by atoms with Gasteiger partial charge in [0.15, 0.2) is 0 Å². The number of carbonyl (C=O) groups excluding carboxylic acids is 4. The summed E-state index contributed by atoms with van der Waals surface area (Å²) in [6.07, 6.45) is -3.57. The number of hydrogen-bond donors (Lipinski definition) is 3. The average molecular weight is 857 g/mol. The van der Waals surface area contributed by atoms with Gasteiger partial charge in [-0.1, -0.05) is 65.8 Å². The number of carbonyl (C=O) groups is 4. The number of urea groups is 1. The predicted octanol–water partition coefficient (Wildman–Crippen LogP) is 7.26. The molecule has 0 saturated carbocycles. The number of likely N-dealkylation sites (tertiary alicyclic amines) is 2. The number of imidazole rings is 1. The van der Waals surface area contributed by atoms with Gasteiger partial charge in [0.2, 0.25) is 17.8 Å². The second kappa shape index (κ2) is 18.3. The van der Waals surface area contributed by atoms with E-state index in [-0.39, 0.29) is 46.4 Å². The Morgan fingerprint density at radius 2 is 1.54 bits per heavy atom. The number of alkyl carbamates (subject to hydrolysis) is 1. The van der Waals surface area contributed by atoms with Gasteiger partial charge in [-0.2, -0.15) is 4.39 Å². The molecule has 3 atom stereocenters. The van der Waals surface area contributed by atoms with Crippen LogP contribution in [0.3, 0.4) is 0 Å². The summed E-state index contributed by atoms with van der Waals surface area (Å²) in [6, 6.07) is 8.50. The van der Waals surface area contributed by atoms with Crippen molar-refractivity contribution < 1.29 is 46.2 Å². The molecule has 2 aromatic carbocycles. The minimum atomic E-state index is -5.03. The number of ether oxygens (including phenoxy) is 2. The Kier molecular flexibility index (Phi) is 13.5. The number of halogens is 4. The standard InChI is InChI=1S/C43H56F4N8O6/c1-25(2)34(50-41(59)60-7)38(56)55-24-26(3)22-32(55)37-49-35(36(44)51-37)28-10-8-27(9-11-28)31-13-12-29(23-33(31)61-43(45,46)47)48-40(58)54-20-18-52(19-21-54)30-14-16-53(17-15-30)39(57)42(4,5)6/h8-13,23,25-26,30,32,34H,14-22,24H2,1-7H3,(H,48,58)(H,49,51)(H,50,59)/t26-,32-,34-/m0/s1. The van der Waals surface area contributed by atoms with Crippen LogP contribution in [0.2, 0.25) is 0 Å². The normalized spacial score (nSPS) is 19.8. The van der Waals surface area contributed by atoms with E-state index < -0.39 is 47.7 Å². The quantitative estimate of drug-likeness (QED) is 0.190. The van der Waals surface area contributed by atoms with Crippen LogP contribution >= 0.6 is 0 Å². The lowest BCUT2D eigenvalue weighted by atomic mass is 9.92. The number of aromatic nitrogens is 2. The number of anilines is 1. The molecule has 332 valence electrons. The Morgan fingerprint density at radius 1 is 0.902 bits per heavy atom. The highest BCUT2D eigenvalue weighted by molar-refractivity contribution is 5.91. The van der Waals surface area contributed by atoms with Crippen LogP contribution in [0.4, 0.5) is 32.8 Å². The monoisotopic (exact) mass is 856 g/mol. The summed E-state index contributed by atoms with van der Waals surface area (Å²) in [5.41, 5.74) is 0.407. The Balaban J connectivity index is 1.11. The molecule has 3 N–H and O–H groups in total. The van der Waals surface area contributed by atoms with Crippen molar-refractivity contribution in [3.63, 3.8) is 0 Å². The Bertz CT molecular complexity index is 2050. The van der Waals surface area contributed by atoms with Crippen molar-refractivity contribution in [1.82, 2.24) is 34.9 Å². The van der Waals surface area contributed by atoms with Gasteiger partial charge >= 0.3 is 18.5 Å². The first-order valence-electron chi connectivity index (χ1n) is 20.7. The molecule has 14 nitrogen and oxygen atoms in total. The first-order chi connectivity index (χ1) is 28.7. The number of nitrogens with one attached hydrogen (secondary N) is 3. The van der Waals surface area contributed by atoms with E-state index in [2.05, 4.69) is 30.2 Å². The highest BCUT2D eigenvalue weighted by atomic mass is 19.4. The van der Waals surface area contributed by atoms with Gasteiger partial charge in [-0.05, 0) is 48.8 Å². The molecule has 4 heterocycles. The zero-order chi connectivity index (χ0) is 44.4. The molecule has 3 fully saturated rings. The molecule has 3 aliphatic heterocycles. The van der Waals surface area contributed by atoms with Crippen molar-refractivity contribution in [3.8, 4) is 28.1 Å². The summed E-state index contributed by atoms with van der Waals surface area (Å²) >= 11 is 0. The highest BCUT2D eigenvalue weighted by Gasteiger charge is 2.41. The topological polar surface area (TPSA) is 152 Å². The van der Waals surface area contributed by atoms with Crippen molar-refractivity contribution in [2.45, 2.75) is 85.3 Å². The van der Waals surface area contributed by atoms with Crippen molar-refractivity contribution in [2.24, 2.45) is 17.3 Å². The molecule has 3 aliphatic rings. The van der Waals surface area contributed by atoms with Gasteiger partial charge in [0, 0.05) is 80.2 Å². The summed E-state index contributed by atoms with van der Waals surface area (Å²) in [4.78, 5) is 66.3. The van der Waals surface area contributed by atoms with Gasteiger partial charge < -0.3 is 39.8 Å². The third-order valence-electron chi connectivity index (χ3n) is 11.6. The van der Waals surface area contributed by atoms with Gasteiger partial charge in [-0.15, -0.1) is 13.2 Å². The number of alkyl halides is 3. The van der Waals surface area contributed by atoms with E-state index in [0.717, 1.165) is 18.9 Å². The summed E-state index contributed by atoms with van der Waals surface area (Å²) < 4.78 is 65.8. The SMILES string of the molecule is COC(=O)N[C@H](C(=O)N1C[C@@H](C)C[C@H]1c1nc(-c2ccc(-c3ccc(NC(=O)N4CCN(C5CCN(C(=O)C(C)(C)C)CC5)CC4)cc3OC(F)(F)F)cc2)c(F)[nH]1)C(C)C. The number of methoxy groups -OCH3 is 1. The van der Waals surface area contributed by atoms with Crippen molar-refractivity contribution in [1.29, 1.82) is 0 Å². The fourth-order valence-electron chi connectivity index (χ4n) is 8.40. The number of amides is 5. The van der Waals surface area contributed by atoms with Crippen LogP contribution in [0.1, 0.15) is 72.7 Å². The lowest BCUT2D eigenvalue weighted by Crippen LogP contribution is -2.56. The number of H-pyrrole nitrogens is 1. The first kappa shape index (κ1) is 45.1. The minimum Gasteiger partial charge on any atom is -0.453 e. The maximum atomic E-state index is 15.5. The van der Waals surface area contributed by atoms with Gasteiger partial charge in [-0.25, -0.2) is 14.6 Å². The predicted molar refractivity (Wildman–Crippen MR) is 220 cm³/mol. The van der Waals surface area contributed by atoms with Crippen molar-refractivity contribution in [2.75, 3.05) is 58.2 Å². The molecular formula is C43H56F4N8O6. The van der Waals surface area contributed by atoms with Crippen molar-refractivity contribution >= 4 is 29.6 Å². The number of rotatable bonds is 9. The van der Waals surface area contributed by atoms with E-state index in [1.165, 1.54) is 43.5 Å². The second-order valence-electron chi connectivity index (χ2n) is 17.6. The number of aromatic amines is 1. The van der Waals surface area contributed by atoms with E-state index >= 15 is 4.39 Å². The Hall–Kier alpha value is -5.39. The summed E-state index contributed by atoms with van der Waals surface area (Å²) in [6.45, 7) is 15.2. The molecular weight excluding hydrogens is 801 g/mol. The molecule has 0 spiro atoms. The lowest BCUT2D eigenvalue weighted by molar-refractivity contribution is -0.274. The average Bonchev–Trinajstić information content (AvgIpc) is 3.80. The van der Waals surface area contributed by atoms with Crippen LogP contribution in [0.15, 0.2) is 42.5 Å². The zero-order valence-corrected chi connectivity index (χ0v) is 35.7. The number of benzene rings is 2. The minimum absolute atomic E-state index is 0.0368. The summed E-state index contributed by atoms with van der Waals surface area (Å²) in [5.74, 6) is -1.46. The molecule has 18 heteroatoms. The second-order valence-corrected chi connectivity index (χ2v) is 17.6. The molecule has 3 saturated heterocycles. The van der Waals surface area contributed by atoms with Gasteiger partial charge in [0.25, 0.3) is 0 Å². The molecule has 0 aliphatic carbocycles. The first-order valence-corrected chi connectivity index (χ1v) is 20.7. The smallest absolute Gasteiger partial charge is 0.453 e. The van der Waals surface area contributed by atoms with Crippen molar-refractivity contribution in [3.05, 3.63) is 54.2 Å². The van der Waals surface area contributed by atoms with Gasteiger partial charge in [-0.3, -0.25) is 14.5 Å². The molecule has 0 bridgehead atoms. The molecule has 6 rings (SSSR count). The molecule has 5 amide bonds. The number of piperazine rings is 1. The number of nitrogens with zero attached hydrogens (tertiary/aromatic N) is 5. The van der Waals surface area contributed by atoms with E-state index in [9.17, 15) is 32.3 Å². The largest absolute Gasteiger partial charge is 0.573 e. The summed E-state index contributed by atoms with van der Waals surface area (Å²) in [5, 5.41) is 5.31. The van der Waals surface area contributed by atoms with Crippen LogP contribution in [0.5, 0.6) is 5.75 Å². The van der Waals surface area contributed by atoms with E-state index in [4.69, 9.17) is 4.74 Å². The van der Waals surface area contributed by atoms with E-state index in [0.29, 0.717) is 69.4 Å². The van der Waals surface area contributed by atoms with Crippen LogP contribution in [0, 0.1) is 23.2 Å². The van der Waals surface area contributed by atoms with Crippen LogP contribution < -0.4 is 15.4 Å². The lowest BCUT2D eigenvalue weighted by Gasteiger charge is -2.43. The zero-order valence-electron chi connectivity index (χ0n) is 35.7. The molecule has 0 radical (unpaired) electrons. The maximum Gasteiger partial charge on any atom is 0.573 e. The van der Waals surface area contributed by atoms with Crippen LogP contribution in [-0.4, -0.2) is 125 Å². The molecule has 0 unspecified atom stereocenters. The van der Waals surface area contributed by atoms with Crippen LogP contribution in [-0.2, 0) is 14.3 Å². The Morgan fingerprint density at radius 3 is 2.13 bits per heavy atom. The Labute approximate surface area is 353 Å². The molecule has 3 aromatic rings. The number of hydrogen-bond acceptors (Lipinski definition) is 8. The van der Waals surface area contributed by atoms with Gasteiger partial charge in [0.1, 0.15) is 23.3 Å². The van der Waals surface area contributed by atoms with E-state index in [1.807, 2.05) is 32.6 Å². The van der Waals surface area contributed by atoms with Gasteiger partial charge in [0.05, 0.1) is 13.2 Å². The molecule has 61 heavy (non-hydrogen) atoms. The highest BCUT2D eigenvalue weighted by Crippen LogP contribution is 2.39. The van der Waals surface area contributed by atoms with E-state index in [1.54, 1.807) is 23.6 Å². The fourth-order valence-corrected chi connectivity index (χ4v) is 8.40. The van der Waals surface area contributed by atoms with Crippen LogP contribution in [0.25, 0.3) is 22.4 Å².